The van der Waals surface area contributed by atoms with Crippen molar-refractivity contribution >= 4 is 11.6 Å². The Kier molecular flexibility index (Phi) is 7.31. The summed E-state index contributed by atoms with van der Waals surface area (Å²) < 4.78 is 0. The first kappa shape index (κ1) is 16.7. The van der Waals surface area contributed by atoms with E-state index in [4.69, 9.17) is 0 Å². The molecule has 0 radical (unpaired) electrons. The van der Waals surface area contributed by atoms with E-state index < -0.39 is 0 Å². The number of nitrogens with one attached hydrogen (secondary N) is 1. The first-order valence-electron chi connectivity index (χ1n) is 7.63. The van der Waals surface area contributed by atoms with Crippen LogP contribution in [0.2, 0.25) is 0 Å². The second-order valence-corrected chi connectivity index (χ2v) is 5.69. The van der Waals surface area contributed by atoms with E-state index in [1.165, 1.54) is 18.4 Å². The molecule has 0 aliphatic rings. The largest absolute Gasteiger partial charge is 0.325 e. The van der Waals surface area contributed by atoms with Crippen molar-refractivity contribution in [2.45, 2.75) is 53.0 Å². The lowest BCUT2D eigenvalue weighted by Crippen LogP contribution is -2.38. The van der Waals surface area contributed by atoms with Crippen LogP contribution in [0, 0.1) is 6.92 Å². The molecule has 3 heteroatoms. The highest BCUT2D eigenvalue weighted by Gasteiger charge is 2.13. The van der Waals surface area contributed by atoms with Gasteiger partial charge < -0.3 is 5.32 Å². The number of hydrogen-bond donors (Lipinski definition) is 1. The molecule has 0 unspecified atom stereocenters. The van der Waals surface area contributed by atoms with Crippen molar-refractivity contribution in [1.82, 2.24) is 4.90 Å². The number of carbonyl (C=O) groups excluding carboxylic acids is 1. The van der Waals surface area contributed by atoms with Crippen LogP contribution in [-0.4, -0.2) is 29.9 Å². The van der Waals surface area contributed by atoms with Gasteiger partial charge in [-0.15, -0.1) is 0 Å². The number of anilines is 1. The number of aryl methyl sites for hydroxylation is 1. The molecule has 0 fully saturated rings. The molecule has 0 spiro atoms. The molecule has 0 aliphatic heterocycles. The van der Waals surface area contributed by atoms with Gasteiger partial charge in [0.1, 0.15) is 0 Å². The van der Waals surface area contributed by atoms with E-state index in [-0.39, 0.29) is 5.91 Å². The zero-order valence-electron chi connectivity index (χ0n) is 13.3. The van der Waals surface area contributed by atoms with Crippen LogP contribution in [0.3, 0.4) is 0 Å². The lowest BCUT2D eigenvalue weighted by atomic mass is 10.2. The Labute approximate surface area is 123 Å². The molecule has 1 rings (SSSR count). The van der Waals surface area contributed by atoms with Gasteiger partial charge in [-0.1, -0.05) is 37.5 Å². The van der Waals surface area contributed by atoms with Gasteiger partial charge in [0.2, 0.25) is 5.91 Å². The van der Waals surface area contributed by atoms with E-state index in [0.29, 0.717) is 12.6 Å². The summed E-state index contributed by atoms with van der Waals surface area (Å²) in [5, 5.41) is 2.96. The molecule has 20 heavy (non-hydrogen) atoms. The molecule has 0 bridgehead atoms. The van der Waals surface area contributed by atoms with Gasteiger partial charge in [-0.2, -0.15) is 0 Å². The molecule has 1 amide bonds. The highest BCUT2D eigenvalue weighted by Crippen LogP contribution is 2.09. The second kappa shape index (κ2) is 8.75. The van der Waals surface area contributed by atoms with Crippen LogP contribution >= 0.6 is 0 Å². The summed E-state index contributed by atoms with van der Waals surface area (Å²) in [6.45, 7) is 9.99. The van der Waals surface area contributed by atoms with Crippen LogP contribution < -0.4 is 5.32 Å². The van der Waals surface area contributed by atoms with Crippen molar-refractivity contribution in [3.05, 3.63) is 29.8 Å². The molecule has 112 valence electrons. The third-order valence-electron chi connectivity index (χ3n) is 3.46. The van der Waals surface area contributed by atoms with Gasteiger partial charge in [0.25, 0.3) is 0 Å². The Bertz CT molecular complexity index is 398. The number of unbranched alkanes of at least 4 members (excludes halogenated alkanes) is 2. The average Bonchev–Trinajstić information content (AvgIpc) is 2.40. The van der Waals surface area contributed by atoms with Crippen LogP contribution in [0.5, 0.6) is 0 Å². The van der Waals surface area contributed by atoms with Crippen LogP contribution in [-0.2, 0) is 4.79 Å². The fourth-order valence-corrected chi connectivity index (χ4v) is 2.11. The van der Waals surface area contributed by atoms with E-state index in [1.807, 2.05) is 31.2 Å². The molecule has 3 nitrogen and oxygen atoms in total. The molecule has 0 saturated carbocycles. The van der Waals surface area contributed by atoms with Crippen molar-refractivity contribution in [3.63, 3.8) is 0 Å². The van der Waals surface area contributed by atoms with Crippen molar-refractivity contribution < 1.29 is 4.79 Å². The maximum Gasteiger partial charge on any atom is 0.238 e. The third kappa shape index (κ3) is 6.20. The Morgan fingerprint density at radius 1 is 1.20 bits per heavy atom. The quantitative estimate of drug-likeness (QED) is 0.732. The summed E-state index contributed by atoms with van der Waals surface area (Å²) in [5.74, 6) is 0.0686. The zero-order chi connectivity index (χ0) is 15.0. The molecule has 1 N–H and O–H groups in total. The lowest BCUT2D eigenvalue weighted by molar-refractivity contribution is -0.117. The first-order chi connectivity index (χ1) is 9.52. The summed E-state index contributed by atoms with van der Waals surface area (Å²) in [6.07, 6.45) is 3.59. The Morgan fingerprint density at radius 3 is 2.40 bits per heavy atom. The van der Waals surface area contributed by atoms with Gasteiger partial charge >= 0.3 is 0 Å². The highest BCUT2D eigenvalue weighted by molar-refractivity contribution is 5.92. The number of carbonyl (C=O) groups is 1. The Balaban J connectivity index is 2.46. The van der Waals surface area contributed by atoms with Crippen LogP contribution in [0.25, 0.3) is 0 Å². The molecule has 1 aromatic rings. The maximum atomic E-state index is 12.1. The van der Waals surface area contributed by atoms with E-state index in [2.05, 4.69) is 31.0 Å². The lowest BCUT2D eigenvalue weighted by Gasteiger charge is -2.25. The Morgan fingerprint density at radius 2 is 1.85 bits per heavy atom. The fraction of sp³-hybridized carbons (Fsp3) is 0.588. The molecular weight excluding hydrogens is 248 g/mol. The van der Waals surface area contributed by atoms with Crippen LogP contribution in [0.1, 0.15) is 45.6 Å². The number of nitrogens with zero attached hydrogens (tertiary/aromatic N) is 1. The summed E-state index contributed by atoms with van der Waals surface area (Å²) in [7, 11) is 0. The van der Waals surface area contributed by atoms with E-state index >= 15 is 0 Å². The molecule has 0 saturated heterocycles. The van der Waals surface area contributed by atoms with E-state index in [0.717, 1.165) is 18.7 Å². The summed E-state index contributed by atoms with van der Waals surface area (Å²) >= 11 is 0. The van der Waals surface area contributed by atoms with E-state index in [9.17, 15) is 4.79 Å². The third-order valence-corrected chi connectivity index (χ3v) is 3.46. The molecule has 0 atom stereocenters. The highest BCUT2D eigenvalue weighted by atomic mass is 16.2. The zero-order valence-corrected chi connectivity index (χ0v) is 13.3. The molecule has 0 heterocycles. The van der Waals surface area contributed by atoms with Crippen molar-refractivity contribution in [3.8, 4) is 0 Å². The maximum absolute atomic E-state index is 12.1. The number of benzene rings is 1. The first-order valence-corrected chi connectivity index (χ1v) is 7.63. The topological polar surface area (TPSA) is 32.3 Å². The van der Waals surface area contributed by atoms with Crippen molar-refractivity contribution in [1.29, 1.82) is 0 Å². The fourth-order valence-electron chi connectivity index (χ4n) is 2.11. The number of amides is 1. The normalized spacial score (nSPS) is 11.1. The molecular formula is C17H28N2O. The van der Waals surface area contributed by atoms with Gasteiger partial charge in [-0.25, -0.2) is 0 Å². The van der Waals surface area contributed by atoms with Gasteiger partial charge in [0.15, 0.2) is 0 Å². The molecule has 0 aromatic heterocycles. The minimum atomic E-state index is 0.0686. The standard InChI is InChI=1S/C17H28N2O/c1-5-6-7-12-19(14(2)3)13-17(20)18-16-10-8-15(4)9-11-16/h8-11,14H,5-7,12-13H2,1-4H3,(H,18,20). The minimum Gasteiger partial charge on any atom is -0.325 e. The summed E-state index contributed by atoms with van der Waals surface area (Å²) in [6, 6.07) is 8.32. The molecule has 1 aromatic carbocycles. The van der Waals surface area contributed by atoms with Gasteiger partial charge in [0, 0.05) is 11.7 Å². The molecule has 0 aliphatic carbocycles. The predicted molar refractivity (Wildman–Crippen MR) is 86.0 cm³/mol. The van der Waals surface area contributed by atoms with Crippen LogP contribution in [0.15, 0.2) is 24.3 Å². The summed E-state index contributed by atoms with van der Waals surface area (Å²) in [5.41, 5.74) is 2.07. The number of hydrogen-bond acceptors (Lipinski definition) is 2. The average molecular weight is 276 g/mol. The minimum absolute atomic E-state index is 0.0686. The van der Waals surface area contributed by atoms with Gasteiger partial charge in [-0.3, -0.25) is 9.69 Å². The van der Waals surface area contributed by atoms with Crippen molar-refractivity contribution in [2.75, 3.05) is 18.4 Å². The second-order valence-electron chi connectivity index (χ2n) is 5.69. The predicted octanol–water partition coefficient (Wildman–Crippen LogP) is 3.83. The number of rotatable bonds is 8. The van der Waals surface area contributed by atoms with Crippen LogP contribution in [0.4, 0.5) is 5.69 Å². The monoisotopic (exact) mass is 276 g/mol. The smallest absolute Gasteiger partial charge is 0.238 e. The van der Waals surface area contributed by atoms with Crippen molar-refractivity contribution in [2.24, 2.45) is 0 Å². The summed E-state index contributed by atoms with van der Waals surface area (Å²) in [4.78, 5) is 14.3. The van der Waals surface area contributed by atoms with Gasteiger partial charge in [0.05, 0.1) is 6.54 Å². The van der Waals surface area contributed by atoms with Gasteiger partial charge in [-0.05, 0) is 45.9 Å². The van der Waals surface area contributed by atoms with E-state index in [1.54, 1.807) is 0 Å². The Hall–Kier alpha value is -1.35. The SMILES string of the molecule is CCCCCN(CC(=O)Nc1ccc(C)cc1)C(C)C.